The van der Waals surface area contributed by atoms with Gasteiger partial charge >= 0.3 is 0 Å². The van der Waals surface area contributed by atoms with Crippen molar-refractivity contribution in [1.29, 1.82) is 0 Å². The van der Waals surface area contributed by atoms with Gasteiger partial charge in [-0.25, -0.2) is 13.4 Å². The van der Waals surface area contributed by atoms with Crippen LogP contribution in [0.1, 0.15) is 24.6 Å². The Bertz CT molecular complexity index is 994. The number of hydrogen-bond donors (Lipinski definition) is 1. The highest BCUT2D eigenvalue weighted by atomic mass is 35.5. The number of H-pyrrole nitrogens is 1. The van der Waals surface area contributed by atoms with Gasteiger partial charge in [0.1, 0.15) is 5.82 Å². The highest BCUT2D eigenvalue weighted by Gasteiger charge is 2.30. The lowest BCUT2D eigenvalue weighted by Crippen LogP contribution is -2.38. The molecule has 25 heavy (non-hydrogen) atoms. The highest BCUT2D eigenvalue weighted by Crippen LogP contribution is 2.30. The summed E-state index contributed by atoms with van der Waals surface area (Å²) in [5, 5.41) is 0.673. The summed E-state index contributed by atoms with van der Waals surface area (Å²) in [5.74, 6) is 1.14. The maximum absolute atomic E-state index is 12.7. The first-order valence-corrected chi connectivity index (χ1v) is 10.1. The van der Waals surface area contributed by atoms with Gasteiger partial charge in [-0.2, -0.15) is 4.31 Å². The molecule has 4 rings (SSSR count). The zero-order valence-corrected chi connectivity index (χ0v) is 15.1. The standard InChI is InChI=1S/C18H18ClN3O2S/c19-14-6-7-16-17(12-14)21-18(20-16)13-8-10-22(11-9-13)25(23,24)15-4-2-1-3-5-15/h1-7,12-13H,8-11H2,(H,20,21). The number of sulfonamides is 1. The molecule has 1 aliphatic heterocycles. The molecule has 0 bridgehead atoms. The van der Waals surface area contributed by atoms with Crippen molar-refractivity contribution >= 4 is 32.7 Å². The normalized spacial score (nSPS) is 17.2. The van der Waals surface area contributed by atoms with E-state index in [0.717, 1.165) is 29.7 Å². The van der Waals surface area contributed by atoms with Crippen LogP contribution in [0.4, 0.5) is 0 Å². The second kappa shape index (κ2) is 6.44. The summed E-state index contributed by atoms with van der Waals surface area (Å²) in [6.07, 6.45) is 1.50. The van der Waals surface area contributed by atoms with Crippen molar-refractivity contribution in [3.05, 3.63) is 59.4 Å². The average Bonchev–Trinajstić information content (AvgIpc) is 3.06. The molecule has 0 aliphatic carbocycles. The van der Waals surface area contributed by atoms with Gasteiger partial charge in [0, 0.05) is 24.0 Å². The Labute approximate surface area is 151 Å². The number of aromatic amines is 1. The molecule has 0 radical (unpaired) electrons. The van der Waals surface area contributed by atoms with Crippen molar-refractivity contribution in [3.8, 4) is 0 Å². The molecule has 1 fully saturated rings. The van der Waals surface area contributed by atoms with Crippen LogP contribution in [-0.2, 0) is 10.0 Å². The molecule has 1 N–H and O–H groups in total. The van der Waals surface area contributed by atoms with Crippen molar-refractivity contribution < 1.29 is 8.42 Å². The van der Waals surface area contributed by atoms with Gasteiger partial charge in [-0.15, -0.1) is 0 Å². The molecule has 0 unspecified atom stereocenters. The van der Waals surface area contributed by atoms with Crippen LogP contribution < -0.4 is 0 Å². The minimum Gasteiger partial charge on any atom is -0.342 e. The van der Waals surface area contributed by atoms with Gasteiger partial charge in [0.05, 0.1) is 15.9 Å². The summed E-state index contributed by atoms with van der Waals surface area (Å²) >= 11 is 6.02. The third-order valence-electron chi connectivity index (χ3n) is 4.68. The summed E-state index contributed by atoms with van der Waals surface area (Å²) in [5.41, 5.74) is 1.81. The molecule has 0 spiro atoms. The molecular weight excluding hydrogens is 358 g/mol. The zero-order chi connectivity index (χ0) is 17.4. The number of nitrogens with zero attached hydrogens (tertiary/aromatic N) is 2. The summed E-state index contributed by atoms with van der Waals surface area (Å²) < 4.78 is 27.0. The summed E-state index contributed by atoms with van der Waals surface area (Å²) in [6.45, 7) is 0.999. The number of rotatable bonds is 3. The SMILES string of the molecule is O=S(=O)(c1ccccc1)N1CCC(c2nc3ccc(Cl)cc3[nH]2)CC1. The van der Waals surface area contributed by atoms with Gasteiger partial charge in [0.2, 0.25) is 10.0 Å². The Morgan fingerprint density at radius 1 is 1.08 bits per heavy atom. The van der Waals surface area contributed by atoms with E-state index < -0.39 is 10.0 Å². The average molecular weight is 376 g/mol. The molecule has 1 aliphatic rings. The first kappa shape index (κ1) is 16.6. The fourth-order valence-electron chi connectivity index (χ4n) is 3.31. The van der Waals surface area contributed by atoms with Crippen molar-refractivity contribution in [2.24, 2.45) is 0 Å². The summed E-state index contributed by atoms with van der Waals surface area (Å²) in [4.78, 5) is 8.32. The number of aromatic nitrogens is 2. The van der Waals surface area contributed by atoms with E-state index in [2.05, 4.69) is 9.97 Å². The van der Waals surface area contributed by atoms with Gasteiger partial charge in [-0.1, -0.05) is 29.8 Å². The van der Waals surface area contributed by atoms with Crippen molar-refractivity contribution in [2.75, 3.05) is 13.1 Å². The first-order valence-electron chi connectivity index (χ1n) is 8.24. The molecule has 0 atom stereocenters. The van der Waals surface area contributed by atoms with Crippen molar-refractivity contribution in [1.82, 2.24) is 14.3 Å². The number of halogens is 1. The third kappa shape index (κ3) is 3.17. The number of nitrogens with one attached hydrogen (secondary N) is 1. The van der Waals surface area contributed by atoms with E-state index >= 15 is 0 Å². The smallest absolute Gasteiger partial charge is 0.243 e. The Kier molecular flexibility index (Phi) is 4.27. The second-order valence-electron chi connectivity index (χ2n) is 6.27. The van der Waals surface area contributed by atoms with Crippen molar-refractivity contribution in [2.45, 2.75) is 23.7 Å². The van der Waals surface area contributed by atoms with Crippen LogP contribution >= 0.6 is 11.6 Å². The molecule has 0 amide bonds. The predicted octanol–water partition coefficient (Wildman–Crippen LogP) is 3.78. The number of piperidine rings is 1. The van der Waals surface area contributed by atoms with E-state index in [1.807, 2.05) is 24.3 Å². The topological polar surface area (TPSA) is 66.1 Å². The molecule has 1 saturated heterocycles. The number of benzene rings is 2. The van der Waals surface area contributed by atoms with E-state index in [-0.39, 0.29) is 5.92 Å². The van der Waals surface area contributed by atoms with E-state index in [1.165, 1.54) is 0 Å². The van der Waals surface area contributed by atoms with E-state index in [9.17, 15) is 8.42 Å². The maximum atomic E-state index is 12.7. The minimum atomic E-state index is -3.41. The molecule has 0 saturated carbocycles. The predicted molar refractivity (Wildman–Crippen MR) is 98.3 cm³/mol. The largest absolute Gasteiger partial charge is 0.342 e. The highest BCUT2D eigenvalue weighted by molar-refractivity contribution is 7.89. The Morgan fingerprint density at radius 3 is 2.52 bits per heavy atom. The first-order chi connectivity index (χ1) is 12.0. The monoisotopic (exact) mass is 375 g/mol. The summed E-state index contributed by atoms with van der Waals surface area (Å²) in [6, 6.07) is 14.2. The Morgan fingerprint density at radius 2 is 1.80 bits per heavy atom. The van der Waals surface area contributed by atoms with E-state index in [0.29, 0.717) is 23.0 Å². The van der Waals surface area contributed by atoms with Crippen molar-refractivity contribution in [3.63, 3.8) is 0 Å². The minimum absolute atomic E-state index is 0.230. The molecule has 5 nitrogen and oxygen atoms in total. The lowest BCUT2D eigenvalue weighted by Gasteiger charge is -2.30. The molecule has 7 heteroatoms. The van der Waals surface area contributed by atoms with E-state index in [4.69, 9.17) is 11.6 Å². The van der Waals surface area contributed by atoms with Crippen LogP contribution in [-0.4, -0.2) is 35.8 Å². The lowest BCUT2D eigenvalue weighted by atomic mass is 9.97. The molecule has 2 heterocycles. The fraction of sp³-hybridized carbons (Fsp3) is 0.278. The van der Waals surface area contributed by atoms with Gasteiger partial charge in [-0.05, 0) is 43.2 Å². The fourth-order valence-corrected chi connectivity index (χ4v) is 4.97. The third-order valence-corrected chi connectivity index (χ3v) is 6.83. The van der Waals surface area contributed by atoms with Gasteiger partial charge in [-0.3, -0.25) is 0 Å². The molecule has 130 valence electrons. The van der Waals surface area contributed by atoms with E-state index in [1.54, 1.807) is 28.6 Å². The number of fused-ring (bicyclic) bond motifs is 1. The quantitative estimate of drug-likeness (QED) is 0.757. The maximum Gasteiger partial charge on any atom is 0.243 e. The number of imidazole rings is 1. The summed E-state index contributed by atoms with van der Waals surface area (Å²) in [7, 11) is -3.41. The van der Waals surface area contributed by atoms with Crippen LogP contribution in [0.2, 0.25) is 5.02 Å². The van der Waals surface area contributed by atoms with Crippen LogP contribution in [0.5, 0.6) is 0 Å². The Hall–Kier alpha value is -1.89. The Balaban J connectivity index is 1.51. The van der Waals surface area contributed by atoms with Crippen LogP contribution in [0, 0.1) is 0 Å². The van der Waals surface area contributed by atoms with Crippen LogP contribution in [0.15, 0.2) is 53.4 Å². The van der Waals surface area contributed by atoms with Gasteiger partial charge in [0.15, 0.2) is 0 Å². The van der Waals surface area contributed by atoms with Crippen LogP contribution in [0.25, 0.3) is 11.0 Å². The van der Waals surface area contributed by atoms with Gasteiger partial charge < -0.3 is 4.98 Å². The molecule has 3 aromatic rings. The molecule has 2 aromatic carbocycles. The molecule has 1 aromatic heterocycles. The number of hydrogen-bond acceptors (Lipinski definition) is 3. The molecular formula is C18H18ClN3O2S. The zero-order valence-electron chi connectivity index (χ0n) is 13.5. The second-order valence-corrected chi connectivity index (χ2v) is 8.65. The van der Waals surface area contributed by atoms with Crippen LogP contribution in [0.3, 0.4) is 0 Å². The lowest BCUT2D eigenvalue weighted by molar-refractivity contribution is 0.314. The van der Waals surface area contributed by atoms with Gasteiger partial charge in [0.25, 0.3) is 0 Å².